The van der Waals surface area contributed by atoms with E-state index in [-0.39, 0.29) is 11.7 Å². The monoisotopic (exact) mass is 372 g/mol. The molecule has 140 valence electrons. The lowest BCUT2D eigenvalue weighted by Crippen LogP contribution is -2.42. The Hall–Kier alpha value is -1.65. The molecule has 0 saturated heterocycles. The Kier molecular flexibility index (Phi) is 5.54. The van der Waals surface area contributed by atoms with Gasteiger partial charge in [0.25, 0.3) is 0 Å². The maximum atomic E-state index is 13.2. The maximum absolute atomic E-state index is 13.2. The highest BCUT2D eigenvalue weighted by Gasteiger charge is 2.48. The Morgan fingerprint density at radius 3 is 2.35 bits per heavy atom. The summed E-state index contributed by atoms with van der Waals surface area (Å²) in [5.74, 6) is -0.320. The number of fused-ring (bicyclic) bond motifs is 1. The molecule has 3 rings (SSSR count). The minimum Gasteiger partial charge on any atom is -0.392 e. The third-order valence-corrected chi connectivity index (χ3v) is 7.90. The average Bonchev–Trinajstić information content (AvgIpc) is 2.73. The molecule has 3 atom stereocenters. The smallest absolute Gasteiger partial charge is 0.179 e. The van der Waals surface area contributed by atoms with E-state index in [9.17, 15) is 13.5 Å². The third-order valence-electron chi connectivity index (χ3n) is 5.90. The summed E-state index contributed by atoms with van der Waals surface area (Å²) in [6.45, 7) is 4.11. The fourth-order valence-corrected chi connectivity index (χ4v) is 6.62. The van der Waals surface area contributed by atoms with E-state index in [0.29, 0.717) is 11.3 Å². The van der Waals surface area contributed by atoms with Gasteiger partial charge in [-0.15, -0.1) is 0 Å². The van der Waals surface area contributed by atoms with Gasteiger partial charge in [0.15, 0.2) is 9.84 Å². The number of unbranched alkanes of at least 4 members (excludes halogenated alkanes) is 1. The molecule has 26 heavy (non-hydrogen) atoms. The van der Waals surface area contributed by atoms with E-state index in [1.807, 2.05) is 49.4 Å². The summed E-state index contributed by atoms with van der Waals surface area (Å²) in [6, 6.07) is 17.0. The number of aliphatic hydroxyl groups is 1. The van der Waals surface area contributed by atoms with E-state index in [4.69, 9.17) is 0 Å². The molecule has 1 N–H and O–H groups in total. The van der Waals surface area contributed by atoms with Gasteiger partial charge in [-0.25, -0.2) is 8.42 Å². The molecule has 0 saturated carbocycles. The van der Waals surface area contributed by atoms with Crippen molar-refractivity contribution in [1.29, 1.82) is 0 Å². The molecule has 3 nitrogen and oxygen atoms in total. The summed E-state index contributed by atoms with van der Waals surface area (Å²) in [7, 11) is -3.46. The number of aliphatic hydroxyl groups excluding tert-OH is 1. The van der Waals surface area contributed by atoms with Gasteiger partial charge < -0.3 is 5.11 Å². The summed E-state index contributed by atoms with van der Waals surface area (Å²) in [6.07, 6.45) is 2.53. The van der Waals surface area contributed by atoms with E-state index < -0.39 is 21.4 Å². The molecule has 1 heterocycles. The van der Waals surface area contributed by atoms with E-state index in [1.165, 1.54) is 0 Å². The minimum absolute atomic E-state index is 0.0119. The predicted octanol–water partition coefficient (Wildman–Crippen LogP) is 4.55. The third kappa shape index (κ3) is 3.33. The molecule has 1 aliphatic rings. The van der Waals surface area contributed by atoms with Crippen molar-refractivity contribution in [3.8, 4) is 0 Å². The second-order valence-electron chi connectivity index (χ2n) is 7.45. The van der Waals surface area contributed by atoms with Gasteiger partial charge in [-0.05, 0) is 30.0 Å². The van der Waals surface area contributed by atoms with Gasteiger partial charge >= 0.3 is 0 Å². The molecule has 0 radical (unpaired) electrons. The van der Waals surface area contributed by atoms with Gasteiger partial charge in [-0.3, -0.25) is 0 Å². The normalized spacial score (nSPS) is 27.5. The Bertz CT molecular complexity index is 845. The Labute approximate surface area is 157 Å². The van der Waals surface area contributed by atoms with E-state index >= 15 is 0 Å². The Morgan fingerprint density at radius 2 is 1.69 bits per heavy atom. The Balaban J connectivity index is 2.25. The van der Waals surface area contributed by atoms with Crippen molar-refractivity contribution in [2.75, 3.05) is 5.75 Å². The number of hydrogen-bond acceptors (Lipinski definition) is 3. The second-order valence-corrected chi connectivity index (χ2v) is 9.41. The first-order valence-electron chi connectivity index (χ1n) is 9.50. The predicted molar refractivity (Wildman–Crippen MR) is 105 cm³/mol. The fraction of sp³-hybridized carbons (Fsp3) is 0.455. The lowest BCUT2D eigenvalue weighted by Gasteiger charge is -2.39. The molecule has 2 aromatic rings. The quantitative estimate of drug-likeness (QED) is 0.837. The van der Waals surface area contributed by atoms with Gasteiger partial charge in [-0.2, -0.15) is 0 Å². The average molecular weight is 373 g/mol. The van der Waals surface area contributed by atoms with Crippen LogP contribution in [0, 0.1) is 5.41 Å². The number of benzene rings is 2. The van der Waals surface area contributed by atoms with Crippen LogP contribution in [0.5, 0.6) is 0 Å². The van der Waals surface area contributed by atoms with E-state index in [2.05, 4.69) is 6.92 Å². The highest BCUT2D eigenvalue weighted by Crippen LogP contribution is 2.48. The summed E-state index contributed by atoms with van der Waals surface area (Å²) in [4.78, 5) is 0.375. The number of hydrogen-bond donors (Lipinski definition) is 1. The van der Waals surface area contributed by atoms with Crippen LogP contribution >= 0.6 is 0 Å². The van der Waals surface area contributed by atoms with Crippen LogP contribution in [0.4, 0.5) is 0 Å². The van der Waals surface area contributed by atoms with Crippen LogP contribution in [-0.4, -0.2) is 25.4 Å². The summed E-state index contributed by atoms with van der Waals surface area (Å²) in [5, 5.41) is 11.6. The van der Waals surface area contributed by atoms with Crippen molar-refractivity contribution >= 4 is 9.84 Å². The molecule has 2 unspecified atom stereocenters. The second kappa shape index (κ2) is 7.53. The van der Waals surface area contributed by atoms with Gasteiger partial charge in [0.1, 0.15) is 0 Å². The first kappa shape index (κ1) is 19.1. The first-order valence-corrected chi connectivity index (χ1v) is 11.1. The molecule has 0 fully saturated rings. The highest BCUT2D eigenvalue weighted by atomic mass is 32.2. The van der Waals surface area contributed by atoms with Crippen LogP contribution in [0.3, 0.4) is 0 Å². The topological polar surface area (TPSA) is 54.4 Å². The molecule has 0 spiro atoms. The van der Waals surface area contributed by atoms with Crippen LogP contribution < -0.4 is 0 Å². The van der Waals surface area contributed by atoms with Crippen LogP contribution in [0.15, 0.2) is 59.5 Å². The number of sulfone groups is 1. The maximum Gasteiger partial charge on any atom is 0.179 e. The SMILES string of the molecule is CCCCC1(CC)CS(=O)(=O)c2ccccc2C(c2ccccc2)[C@@H]1O. The summed E-state index contributed by atoms with van der Waals surface area (Å²) in [5.41, 5.74) is 1.06. The van der Waals surface area contributed by atoms with Crippen LogP contribution in [0.1, 0.15) is 56.6 Å². The first-order chi connectivity index (χ1) is 12.4. The van der Waals surface area contributed by atoms with Crippen molar-refractivity contribution in [1.82, 2.24) is 0 Å². The van der Waals surface area contributed by atoms with Crippen LogP contribution in [0.2, 0.25) is 0 Å². The standard InChI is InChI=1S/C22H28O3S/c1-3-5-15-22(4-2)16-26(24,25)19-14-10-9-13-18(19)20(21(22)23)17-11-7-6-8-12-17/h6-14,20-21,23H,3-5,15-16H2,1-2H3/t20?,21-,22?/m0/s1. The molecular formula is C22H28O3S. The zero-order chi connectivity index (χ0) is 18.8. The van der Waals surface area contributed by atoms with Crippen LogP contribution in [0.25, 0.3) is 0 Å². The molecule has 4 heteroatoms. The number of rotatable bonds is 5. The minimum atomic E-state index is -3.46. The van der Waals surface area contributed by atoms with Crippen molar-refractivity contribution in [3.05, 3.63) is 65.7 Å². The molecule has 0 aromatic heterocycles. The lowest BCUT2D eigenvalue weighted by atomic mass is 9.69. The van der Waals surface area contributed by atoms with Crippen molar-refractivity contribution in [2.45, 2.75) is 56.4 Å². The van der Waals surface area contributed by atoms with Crippen molar-refractivity contribution in [3.63, 3.8) is 0 Å². The van der Waals surface area contributed by atoms with E-state index in [0.717, 1.165) is 30.4 Å². The fourth-order valence-electron chi connectivity index (χ4n) is 4.34. The van der Waals surface area contributed by atoms with Gasteiger partial charge in [0, 0.05) is 11.3 Å². The molecule has 0 aliphatic carbocycles. The zero-order valence-electron chi connectivity index (χ0n) is 15.6. The van der Waals surface area contributed by atoms with Crippen molar-refractivity contribution < 1.29 is 13.5 Å². The Morgan fingerprint density at radius 1 is 1.04 bits per heavy atom. The molecular weight excluding hydrogens is 344 g/mol. The van der Waals surface area contributed by atoms with Crippen molar-refractivity contribution in [2.24, 2.45) is 5.41 Å². The largest absolute Gasteiger partial charge is 0.392 e. The highest BCUT2D eigenvalue weighted by molar-refractivity contribution is 7.91. The summed E-state index contributed by atoms with van der Waals surface area (Å²) < 4.78 is 26.5. The zero-order valence-corrected chi connectivity index (χ0v) is 16.4. The van der Waals surface area contributed by atoms with E-state index in [1.54, 1.807) is 12.1 Å². The van der Waals surface area contributed by atoms with Gasteiger partial charge in [0.2, 0.25) is 0 Å². The van der Waals surface area contributed by atoms with Gasteiger partial charge in [0.05, 0.1) is 16.8 Å². The summed E-state index contributed by atoms with van der Waals surface area (Å²) >= 11 is 0. The van der Waals surface area contributed by atoms with Gasteiger partial charge in [-0.1, -0.05) is 75.2 Å². The molecule has 0 amide bonds. The molecule has 0 bridgehead atoms. The van der Waals surface area contributed by atoms with Crippen LogP contribution in [-0.2, 0) is 9.84 Å². The molecule has 1 aliphatic heterocycles. The lowest BCUT2D eigenvalue weighted by molar-refractivity contribution is 0.0174. The molecule has 2 aromatic carbocycles.